The van der Waals surface area contributed by atoms with Crippen LogP contribution in [-0.2, 0) is 4.79 Å². The van der Waals surface area contributed by atoms with Crippen LogP contribution < -0.4 is 11.1 Å². The maximum absolute atomic E-state index is 11.8. The van der Waals surface area contributed by atoms with Crippen LogP contribution >= 0.6 is 12.4 Å². The van der Waals surface area contributed by atoms with Crippen LogP contribution in [0.5, 0.6) is 0 Å². The van der Waals surface area contributed by atoms with Crippen LogP contribution in [0.15, 0.2) is 0 Å². The van der Waals surface area contributed by atoms with Gasteiger partial charge < -0.3 is 11.1 Å². The lowest BCUT2D eigenvalue weighted by molar-refractivity contribution is -0.123. The normalized spacial score (nSPS) is 26.6. The summed E-state index contributed by atoms with van der Waals surface area (Å²) in [5.41, 5.74) is 5.96. The fourth-order valence-electron chi connectivity index (χ4n) is 2.06. The highest BCUT2D eigenvalue weighted by molar-refractivity contribution is 5.85. The first-order valence-corrected chi connectivity index (χ1v) is 6.67. The molecule has 1 heterocycles. The van der Waals surface area contributed by atoms with E-state index in [4.69, 9.17) is 5.73 Å². The van der Waals surface area contributed by atoms with Gasteiger partial charge in [0.1, 0.15) is 0 Å². The Morgan fingerprint density at radius 2 is 2.06 bits per heavy atom. The summed E-state index contributed by atoms with van der Waals surface area (Å²) in [5, 5.41) is 3.04. The van der Waals surface area contributed by atoms with Crippen molar-refractivity contribution in [3.63, 3.8) is 0 Å². The molecule has 1 amide bonds. The number of nitrogens with one attached hydrogen (secondary N) is 1. The second-order valence-electron chi connectivity index (χ2n) is 5.77. The van der Waals surface area contributed by atoms with Gasteiger partial charge in [0.05, 0.1) is 6.54 Å². The van der Waals surface area contributed by atoms with E-state index in [9.17, 15) is 4.79 Å². The third-order valence-corrected chi connectivity index (χ3v) is 3.81. The number of hydrogen-bond donors (Lipinski definition) is 2. The van der Waals surface area contributed by atoms with Crippen molar-refractivity contribution in [2.24, 2.45) is 17.6 Å². The Morgan fingerprint density at radius 1 is 1.44 bits per heavy atom. The summed E-state index contributed by atoms with van der Waals surface area (Å²) in [5.74, 6) is 1.10. The van der Waals surface area contributed by atoms with Crippen molar-refractivity contribution in [1.29, 1.82) is 0 Å². The summed E-state index contributed by atoms with van der Waals surface area (Å²) >= 11 is 0. The minimum absolute atomic E-state index is 0. The number of nitrogens with zero attached hydrogens (tertiary/aromatic N) is 1. The number of likely N-dealkylation sites (tertiary alicyclic amines) is 1. The van der Waals surface area contributed by atoms with E-state index < -0.39 is 0 Å². The van der Waals surface area contributed by atoms with Gasteiger partial charge in [0.25, 0.3) is 0 Å². The second kappa shape index (κ2) is 7.97. The van der Waals surface area contributed by atoms with Gasteiger partial charge in [-0.25, -0.2) is 0 Å². The Labute approximate surface area is 117 Å². The third kappa shape index (κ3) is 5.55. The molecular weight excluding hydrogens is 250 g/mol. The van der Waals surface area contributed by atoms with Crippen molar-refractivity contribution in [3.8, 4) is 0 Å². The van der Waals surface area contributed by atoms with Gasteiger partial charge in [-0.05, 0) is 25.2 Å². The zero-order chi connectivity index (χ0) is 13.0. The highest BCUT2D eigenvalue weighted by Crippen LogP contribution is 2.14. The molecule has 0 aromatic heterocycles. The number of hydrogen-bond acceptors (Lipinski definition) is 3. The molecule has 0 aromatic rings. The van der Waals surface area contributed by atoms with Gasteiger partial charge in [-0.3, -0.25) is 9.69 Å². The van der Waals surface area contributed by atoms with Crippen LogP contribution in [0, 0.1) is 11.8 Å². The number of amides is 1. The monoisotopic (exact) mass is 277 g/mol. The summed E-state index contributed by atoms with van der Waals surface area (Å²) in [4.78, 5) is 14.0. The zero-order valence-electron chi connectivity index (χ0n) is 12.0. The number of carbonyl (C=O) groups is 1. The molecular formula is C13H28ClN3O. The SMILES string of the molecule is CC(C)C(C)NC(=O)CN1CCC(N)C(C)C1.Cl. The molecule has 3 N–H and O–H groups in total. The van der Waals surface area contributed by atoms with Crippen LogP contribution in [0.25, 0.3) is 0 Å². The largest absolute Gasteiger partial charge is 0.352 e. The smallest absolute Gasteiger partial charge is 0.234 e. The molecule has 0 saturated carbocycles. The highest BCUT2D eigenvalue weighted by Gasteiger charge is 2.24. The van der Waals surface area contributed by atoms with Crippen LogP contribution in [0.3, 0.4) is 0 Å². The molecule has 3 unspecified atom stereocenters. The number of piperidine rings is 1. The van der Waals surface area contributed by atoms with Crippen molar-refractivity contribution < 1.29 is 4.79 Å². The molecule has 5 heteroatoms. The van der Waals surface area contributed by atoms with Crippen molar-refractivity contribution in [1.82, 2.24) is 10.2 Å². The number of rotatable bonds is 4. The Morgan fingerprint density at radius 3 is 2.56 bits per heavy atom. The van der Waals surface area contributed by atoms with Gasteiger partial charge in [-0.1, -0.05) is 20.8 Å². The van der Waals surface area contributed by atoms with Gasteiger partial charge in [0.2, 0.25) is 5.91 Å². The fourth-order valence-corrected chi connectivity index (χ4v) is 2.06. The molecule has 1 aliphatic heterocycles. The summed E-state index contributed by atoms with van der Waals surface area (Å²) in [6, 6.07) is 0.538. The molecule has 1 aliphatic rings. The van der Waals surface area contributed by atoms with Gasteiger partial charge in [0.15, 0.2) is 0 Å². The predicted molar refractivity (Wildman–Crippen MR) is 77.9 cm³/mol. The van der Waals surface area contributed by atoms with E-state index in [1.165, 1.54) is 0 Å². The van der Waals surface area contributed by atoms with E-state index >= 15 is 0 Å². The van der Waals surface area contributed by atoms with Crippen molar-refractivity contribution >= 4 is 18.3 Å². The molecule has 1 rings (SSSR count). The van der Waals surface area contributed by atoms with Crippen molar-refractivity contribution in [2.45, 2.75) is 46.2 Å². The van der Waals surface area contributed by atoms with Crippen LogP contribution in [0.4, 0.5) is 0 Å². The van der Waals surface area contributed by atoms with E-state index in [1.54, 1.807) is 0 Å². The number of carbonyl (C=O) groups excluding carboxylic acids is 1. The molecule has 0 radical (unpaired) electrons. The van der Waals surface area contributed by atoms with E-state index in [-0.39, 0.29) is 24.4 Å². The lowest BCUT2D eigenvalue weighted by Crippen LogP contribution is -2.50. The number of halogens is 1. The summed E-state index contributed by atoms with van der Waals surface area (Å²) in [6.45, 7) is 10.8. The van der Waals surface area contributed by atoms with Crippen LogP contribution in [-0.4, -0.2) is 42.5 Å². The summed E-state index contributed by atoms with van der Waals surface area (Å²) in [6.07, 6.45) is 0.994. The molecule has 3 atom stereocenters. The molecule has 18 heavy (non-hydrogen) atoms. The molecule has 1 saturated heterocycles. The lowest BCUT2D eigenvalue weighted by Gasteiger charge is -2.34. The van der Waals surface area contributed by atoms with E-state index in [2.05, 4.69) is 37.9 Å². The quantitative estimate of drug-likeness (QED) is 0.813. The fraction of sp³-hybridized carbons (Fsp3) is 0.923. The van der Waals surface area contributed by atoms with Gasteiger partial charge >= 0.3 is 0 Å². The zero-order valence-corrected chi connectivity index (χ0v) is 12.8. The highest BCUT2D eigenvalue weighted by atomic mass is 35.5. The van der Waals surface area contributed by atoms with Crippen LogP contribution in [0.1, 0.15) is 34.1 Å². The molecule has 0 aromatic carbocycles. The molecule has 0 bridgehead atoms. The van der Waals surface area contributed by atoms with Crippen molar-refractivity contribution in [3.05, 3.63) is 0 Å². The second-order valence-corrected chi connectivity index (χ2v) is 5.77. The average molecular weight is 278 g/mol. The Balaban J connectivity index is 0.00000289. The third-order valence-electron chi connectivity index (χ3n) is 3.81. The number of nitrogens with two attached hydrogens (primary N) is 1. The topological polar surface area (TPSA) is 58.4 Å². The molecule has 0 spiro atoms. The maximum atomic E-state index is 11.8. The molecule has 108 valence electrons. The van der Waals surface area contributed by atoms with Crippen LogP contribution in [0.2, 0.25) is 0 Å². The van der Waals surface area contributed by atoms with E-state index in [0.29, 0.717) is 24.4 Å². The first kappa shape index (κ1) is 17.7. The predicted octanol–water partition coefficient (Wildman–Crippen LogP) is 1.24. The van der Waals surface area contributed by atoms with E-state index in [1.807, 2.05) is 0 Å². The summed E-state index contributed by atoms with van der Waals surface area (Å²) < 4.78 is 0. The molecule has 0 aliphatic carbocycles. The molecule has 1 fully saturated rings. The first-order chi connectivity index (χ1) is 7.90. The summed E-state index contributed by atoms with van der Waals surface area (Å²) in [7, 11) is 0. The van der Waals surface area contributed by atoms with Gasteiger partial charge in [0, 0.05) is 25.2 Å². The lowest BCUT2D eigenvalue weighted by atomic mass is 9.95. The van der Waals surface area contributed by atoms with Gasteiger partial charge in [-0.15, -0.1) is 12.4 Å². The Kier molecular flexibility index (Phi) is 7.83. The standard InChI is InChI=1S/C13H27N3O.ClH/c1-9(2)11(4)15-13(17)8-16-6-5-12(14)10(3)7-16;/h9-12H,5-8,14H2,1-4H3,(H,15,17);1H. The average Bonchev–Trinajstić information content (AvgIpc) is 2.23. The molecule has 4 nitrogen and oxygen atoms in total. The van der Waals surface area contributed by atoms with Gasteiger partial charge in [-0.2, -0.15) is 0 Å². The minimum atomic E-state index is 0. The minimum Gasteiger partial charge on any atom is -0.352 e. The Bertz CT molecular complexity index is 261. The first-order valence-electron chi connectivity index (χ1n) is 6.67. The van der Waals surface area contributed by atoms with Crippen molar-refractivity contribution in [2.75, 3.05) is 19.6 Å². The Hall–Kier alpha value is -0.320. The maximum Gasteiger partial charge on any atom is 0.234 e. The van der Waals surface area contributed by atoms with E-state index in [0.717, 1.165) is 19.5 Å².